The van der Waals surface area contributed by atoms with E-state index in [-0.39, 0.29) is 0 Å². The zero-order chi connectivity index (χ0) is 7.73. The van der Waals surface area contributed by atoms with Gasteiger partial charge in [0.15, 0.2) is 0 Å². The van der Waals surface area contributed by atoms with E-state index in [0.717, 1.165) is 0 Å². The summed E-state index contributed by atoms with van der Waals surface area (Å²) >= 11 is 4.40. The molecule has 3 heteroatoms. The monoisotopic (exact) mass is 189 g/mol. The van der Waals surface area contributed by atoms with E-state index in [1.807, 2.05) is 0 Å². The van der Waals surface area contributed by atoms with Crippen molar-refractivity contribution in [2.75, 3.05) is 31.6 Å². The molecule has 2 heterocycles. The summed E-state index contributed by atoms with van der Waals surface area (Å²) < 4.78 is 0.604. The van der Waals surface area contributed by atoms with Gasteiger partial charge in [-0.2, -0.15) is 0 Å². The molecule has 0 atom stereocenters. The highest BCUT2D eigenvalue weighted by Gasteiger charge is 2.38. The average molecular weight is 189 g/mol. The Labute approximate surface area is 77.3 Å². The van der Waals surface area contributed by atoms with E-state index < -0.39 is 0 Å². The van der Waals surface area contributed by atoms with Gasteiger partial charge in [-0.3, -0.25) is 0 Å². The molecule has 0 bridgehead atoms. The lowest BCUT2D eigenvalue weighted by molar-refractivity contribution is 0.416. The van der Waals surface area contributed by atoms with Crippen molar-refractivity contribution >= 4 is 23.5 Å². The molecule has 0 radical (unpaired) electrons. The zero-order valence-corrected chi connectivity index (χ0v) is 8.64. The molecule has 1 spiro atoms. The fourth-order valence-corrected chi connectivity index (χ4v) is 5.22. The van der Waals surface area contributed by atoms with Crippen molar-refractivity contribution in [2.45, 2.75) is 16.9 Å². The summed E-state index contributed by atoms with van der Waals surface area (Å²) in [7, 11) is 2.24. The summed E-state index contributed by atoms with van der Waals surface area (Å²) in [6.45, 7) is 2.61. The van der Waals surface area contributed by atoms with Crippen LogP contribution < -0.4 is 0 Å². The Kier molecular flexibility index (Phi) is 2.40. The van der Waals surface area contributed by atoms with Crippen molar-refractivity contribution in [2.24, 2.45) is 0 Å². The molecule has 2 saturated heterocycles. The van der Waals surface area contributed by atoms with E-state index in [9.17, 15) is 0 Å². The first-order valence-corrected chi connectivity index (χ1v) is 6.24. The summed E-state index contributed by atoms with van der Waals surface area (Å²) in [5.74, 6) is 2.78. The minimum absolute atomic E-state index is 0.604. The van der Waals surface area contributed by atoms with Crippen LogP contribution in [0.5, 0.6) is 0 Å². The third kappa shape index (κ3) is 1.70. The van der Waals surface area contributed by atoms with Crippen molar-refractivity contribution in [3.05, 3.63) is 0 Å². The second kappa shape index (κ2) is 3.19. The van der Waals surface area contributed by atoms with Gasteiger partial charge >= 0.3 is 0 Å². The van der Waals surface area contributed by atoms with Crippen LogP contribution in [0.3, 0.4) is 0 Å². The van der Waals surface area contributed by atoms with Crippen LogP contribution in [0.1, 0.15) is 12.8 Å². The van der Waals surface area contributed by atoms with Crippen LogP contribution in [0.2, 0.25) is 0 Å². The average Bonchev–Trinajstić information content (AvgIpc) is 2.34. The molecule has 0 aromatic rings. The van der Waals surface area contributed by atoms with Gasteiger partial charge in [0.2, 0.25) is 0 Å². The Bertz CT molecular complexity index is 138. The Morgan fingerprint density at radius 2 is 2.00 bits per heavy atom. The van der Waals surface area contributed by atoms with Crippen molar-refractivity contribution in [1.82, 2.24) is 4.90 Å². The molecule has 2 fully saturated rings. The summed E-state index contributed by atoms with van der Waals surface area (Å²) in [5.41, 5.74) is 0. The molecule has 2 aliphatic rings. The Hall–Kier alpha value is 0.660. The fraction of sp³-hybridized carbons (Fsp3) is 1.00. The van der Waals surface area contributed by atoms with Gasteiger partial charge in [0, 0.05) is 13.1 Å². The number of hydrogen-bond donors (Lipinski definition) is 0. The minimum Gasteiger partial charge on any atom is -0.304 e. The molecule has 11 heavy (non-hydrogen) atoms. The first-order chi connectivity index (χ1) is 5.31. The molecule has 0 unspecified atom stereocenters. The second-order valence-electron chi connectivity index (χ2n) is 3.45. The van der Waals surface area contributed by atoms with Crippen molar-refractivity contribution in [1.29, 1.82) is 0 Å². The third-order valence-corrected chi connectivity index (χ3v) is 5.82. The van der Waals surface area contributed by atoms with Gasteiger partial charge in [0.25, 0.3) is 0 Å². The van der Waals surface area contributed by atoms with Gasteiger partial charge in [-0.1, -0.05) is 0 Å². The van der Waals surface area contributed by atoms with E-state index in [1.165, 1.54) is 37.4 Å². The van der Waals surface area contributed by atoms with E-state index >= 15 is 0 Å². The van der Waals surface area contributed by atoms with Gasteiger partial charge in [-0.25, -0.2) is 0 Å². The molecule has 0 saturated carbocycles. The van der Waals surface area contributed by atoms with Gasteiger partial charge in [-0.15, -0.1) is 23.5 Å². The smallest absolute Gasteiger partial charge is 0.0749 e. The summed E-state index contributed by atoms with van der Waals surface area (Å²) in [5, 5.41) is 0. The molecule has 2 aliphatic heterocycles. The predicted molar refractivity (Wildman–Crippen MR) is 54.4 cm³/mol. The van der Waals surface area contributed by atoms with E-state index in [4.69, 9.17) is 0 Å². The van der Waals surface area contributed by atoms with Crippen LogP contribution in [0.4, 0.5) is 0 Å². The van der Waals surface area contributed by atoms with Crippen LogP contribution in [-0.4, -0.2) is 40.6 Å². The third-order valence-electron chi connectivity index (χ3n) is 2.40. The topological polar surface area (TPSA) is 3.24 Å². The number of nitrogens with zero attached hydrogens (tertiary/aromatic N) is 1. The van der Waals surface area contributed by atoms with Crippen molar-refractivity contribution in [3.63, 3.8) is 0 Å². The second-order valence-corrected chi connectivity index (χ2v) is 6.66. The standard InChI is InChI=1S/C8H15NS2/c1-9-4-3-8(7-9)10-5-2-6-11-8/h2-7H2,1H3. The SMILES string of the molecule is CN1CCC2(C1)SCCCS2. The van der Waals surface area contributed by atoms with Gasteiger partial charge in [-0.05, 0) is 31.4 Å². The highest BCUT2D eigenvalue weighted by molar-refractivity contribution is 8.18. The molecule has 0 amide bonds. The lowest BCUT2D eigenvalue weighted by atomic mass is 10.4. The van der Waals surface area contributed by atoms with Crippen molar-refractivity contribution < 1.29 is 0 Å². The normalized spacial score (nSPS) is 31.4. The van der Waals surface area contributed by atoms with Crippen LogP contribution in [0.15, 0.2) is 0 Å². The Balaban J connectivity index is 1.98. The highest BCUT2D eigenvalue weighted by Crippen LogP contribution is 2.47. The summed E-state index contributed by atoms with van der Waals surface area (Å²) in [6.07, 6.45) is 2.82. The van der Waals surface area contributed by atoms with Gasteiger partial charge < -0.3 is 4.90 Å². The first-order valence-electron chi connectivity index (χ1n) is 4.27. The lowest BCUT2D eigenvalue weighted by Crippen LogP contribution is -2.28. The summed E-state index contributed by atoms with van der Waals surface area (Å²) in [4.78, 5) is 2.46. The molecule has 1 nitrogen and oxygen atoms in total. The molecule has 0 aromatic heterocycles. The van der Waals surface area contributed by atoms with Crippen LogP contribution >= 0.6 is 23.5 Å². The maximum absolute atomic E-state index is 2.46. The van der Waals surface area contributed by atoms with Gasteiger partial charge in [0.1, 0.15) is 0 Å². The molecule has 2 rings (SSSR count). The van der Waals surface area contributed by atoms with Gasteiger partial charge in [0.05, 0.1) is 4.08 Å². The van der Waals surface area contributed by atoms with Crippen LogP contribution in [0, 0.1) is 0 Å². The molecular formula is C8H15NS2. The maximum atomic E-state index is 2.46. The molecule has 64 valence electrons. The van der Waals surface area contributed by atoms with Crippen molar-refractivity contribution in [3.8, 4) is 0 Å². The lowest BCUT2D eigenvalue weighted by Gasteiger charge is -2.31. The van der Waals surface area contributed by atoms with E-state index in [0.29, 0.717) is 4.08 Å². The predicted octanol–water partition coefficient (Wildman–Crippen LogP) is 1.89. The Morgan fingerprint density at radius 3 is 2.55 bits per heavy atom. The summed E-state index contributed by atoms with van der Waals surface area (Å²) in [6, 6.07) is 0. The largest absolute Gasteiger partial charge is 0.304 e. The minimum atomic E-state index is 0.604. The van der Waals surface area contributed by atoms with E-state index in [2.05, 4.69) is 35.5 Å². The number of hydrogen-bond acceptors (Lipinski definition) is 3. The molecular weight excluding hydrogens is 174 g/mol. The Morgan fingerprint density at radius 1 is 1.27 bits per heavy atom. The quantitative estimate of drug-likeness (QED) is 0.573. The highest BCUT2D eigenvalue weighted by atomic mass is 32.2. The van der Waals surface area contributed by atoms with Crippen LogP contribution in [-0.2, 0) is 0 Å². The molecule has 0 N–H and O–H groups in total. The van der Waals surface area contributed by atoms with E-state index in [1.54, 1.807) is 0 Å². The first kappa shape index (κ1) is 8.27. The zero-order valence-electron chi connectivity index (χ0n) is 7.01. The number of rotatable bonds is 0. The number of likely N-dealkylation sites (tertiary alicyclic amines) is 1. The fourth-order valence-electron chi connectivity index (χ4n) is 1.78. The number of thioether (sulfide) groups is 2. The van der Waals surface area contributed by atoms with Crippen LogP contribution in [0.25, 0.3) is 0 Å². The maximum Gasteiger partial charge on any atom is 0.0749 e. The molecule has 0 aromatic carbocycles. The molecule has 0 aliphatic carbocycles.